The van der Waals surface area contributed by atoms with Crippen LogP contribution in [0, 0.1) is 6.92 Å². The molecule has 1 heterocycles. The average Bonchev–Trinajstić information content (AvgIpc) is 2.79. The second-order valence-corrected chi connectivity index (χ2v) is 8.10. The van der Waals surface area contributed by atoms with E-state index in [0.29, 0.717) is 17.3 Å². The Morgan fingerprint density at radius 1 is 1.29 bits per heavy atom. The summed E-state index contributed by atoms with van der Waals surface area (Å²) in [6.45, 7) is 9.99. The molecule has 4 nitrogen and oxygen atoms in total. The average molecular weight is 367 g/mol. The zero-order valence-electron chi connectivity index (χ0n) is 14.7. The van der Waals surface area contributed by atoms with Gasteiger partial charge in [-0.1, -0.05) is 30.3 Å². The predicted molar refractivity (Wildman–Crippen MR) is 98.1 cm³/mol. The molecule has 0 spiro atoms. The van der Waals surface area contributed by atoms with Crippen LogP contribution < -0.4 is 4.74 Å². The molecule has 24 heavy (non-hydrogen) atoms. The van der Waals surface area contributed by atoms with Crippen molar-refractivity contribution < 1.29 is 9.53 Å². The third-order valence-corrected chi connectivity index (χ3v) is 4.73. The zero-order chi connectivity index (χ0) is 17.9. The van der Waals surface area contributed by atoms with Crippen LogP contribution >= 0.6 is 23.4 Å². The first-order valence-corrected chi connectivity index (χ1v) is 9.16. The lowest BCUT2D eigenvalue weighted by atomic mass is 10.1. The number of rotatable bonds is 5. The Bertz CT molecular complexity index is 718. The summed E-state index contributed by atoms with van der Waals surface area (Å²) in [7, 11) is 0. The lowest BCUT2D eigenvalue weighted by molar-refractivity contribution is -0.135. The maximum atomic E-state index is 12.1. The Balaban J connectivity index is 2.43. The summed E-state index contributed by atoms with van der Waals surface area (Å²) in [5.74, 6) is 0.277. The van der Waals surface area contributed by atoms with Crippen LogP contribution in [-0.4, -0.2) is 15.7 Å². The fraction of sp³-hybridized carbons (Fsp3) is 0.444. The van der Waals surface area contributed by atoms with Crippen LogP contribution in [-0.2, 0) is 10.3 Å². The molecule has 0 unspecified atom stereocenters. The van der Waals surface area contributed by atoms with Gasteiger partial charge in [-0.15, -0.1) is 0 Å². The summed E-state index contributed by atoms with van der Waals surface area (Å²) in [5, 5.41) is 5.29. The second kappa shape index (κ2) is 7.62. The van der Waals surface area contributed by atoms with E-state index in [2.05, 4.69) is 5.10 Å². The summed E-state index contributed by atoms with van der Waals surface area (Å²) in [6.07, 6.45) is 1.14. The number of carbonyl (C=O) groups excluding carboxylic acids is 1. The van der Waals surface area contributed by atoms with Crippen LogP contribution in [0.1, 0.15) is 46.2 Å². The number of hydrogen-bond acceptors (Lipinski definition) is 4. The summed E-state index contributed by atoms with van der Waals surface area (Å²) in [5.41, 5.74) is 0.551. The van der Waals surface area contributed by atoms with Crippen LogP contribution in [0.2, 0.25) is 5.02 Å². The molecule has 0 radical (unpaired) electrons. The number of halogens is 1. The normalized spacial score (nSPS) is 11.6. The molecule has 130 valence electrons. The zero-order valence-corrected chi connectivity index (χ0v) is 16.3. The molecular formula is C18H23ClN2O2S. The van der Waals surface area contributed by atoms with Crippen LogP contribution in [0.15, 0.2) is 34.1 Å². The summed E-state index contributed by atoms with van der Waals surface area (Å²) in [4.78, 5) is 13.9. The van der Waals surface area contributed by atoms with Crippen LogP contribution in [0.5, 0.6) is 5.88 Å². The molecule has 0 atom stereocenters. The van der Waals surface area contributed by atoms with E-state index in [1.807, 2.05) is 58.9 Å². The van der Waals surface area contributed by atoms with Crippen molar-refractivity contribution in [2.45, 2.75) is 62.8 Å². The van der Waals surface area contributed by atoms with Crippen LogP contribution in [0.3, 0.4) is 0 Å². The van der Waals surface area contributed by atoms with E-state index in [9.17, 15) is 4.79 Å². The molecule has 1 aromatic carbocycles. The Labute approximate surface area is 152 Å². The first-order chi connectivity index (χ1) is 11.2. The maximum Gasteiger partial charge on any atom is 0.312 e. The lowest BCUT2D eigenvalue weighted by Gasteiger charge is -2.22. The first-order valence-electron chi connectivity index (χ1n) is 7.96. The Hall–Kier alpha value is -1.46. The monoisotopic (exact) mass is 366 g/mol. The van der Waals surface area contributed by atoms with Crippen molar-refractivity contribution in [3.8, 4) is 5.88 Å². The third-order valence-electron chi connectivity index (χ3n) is 3.30. The highest BCUT2D eigenvalue weighted by atomic mass is 35.5. The summed E-state index contributed by atoms with van der Waals surface area (Å²) < 4.78 is 7.46. The number of aryl methyl sites for hydroxylation is 1. The smallest absolute Gasteiger partial charge is 0.312 e. The number of carbonyl (C=O) groups is 1. The number of ether oxygens (including phenoxy) is 1. The minimum Gasteiger partial charge on any atom is -0.406 e. The fourth-order valence-electron chi connectivity index (χ4n) is 2.14. The van der Waals surface area contributed by atoms with Gasteiger partial charge in [-0.25, -0.2) is 4.68 Å². The predicted octanol–water partition coefficient (Wildman–Crippen LogP) is 5.46. The third kappa shape index (κ3) is 4.54. The minimum atomic E-state index is -0.286. The van der Waals surface area contributed by atoms with Gasteiger partial charge >= 0.3 is 5.97 Å². The molecule has 0 aliphatic carbocycles. The second-order valence-electron chi connectivity index (χ2n) is 6.58. The highest BCUT2D eigenvalue weighted by Crippen LogP contribution is 2.40. The fourth-order valence-corrected chi connectivity index (χ4v) is 3.17. The van der Waals surface area contributed by atoms with E-state index in [1.165, 1.54) is 11.8 Å². The minimum absolute atomic E-state index is 0.235. The molecule has 6 heteroatoms. The maximum absolute atomic E-state index is 12.1. The summed E-state index contributed by atoms with van der Waals surface area (Å²) in [6, 6.07) is 7.57. The van der Waals surface area contributed by atoms with Gasteiger partial charge in [-0.3, -0.25) is 4.79 Å². The molecule has 0 N–H and O–H groups in total. The van der Waals surface area contributed by atoms with Gasteiger partial charge < -0.3 is 4.74 Å². The molecule has 0 aliphatic heterocycles. The molecule has 0 saturated carbocycles. The number of benzene rings is 1. The van der Waals surface area contributed by atoms with Gasteiger partial charge in [0.2, 0.25) is 5.88 Å². The van der Waals surface area contributed by atoms with Crippen LogP contribution in [0.25, 0.3) is 0 Å². The van der Waals surface area contributed by atoms with E-state index in [0.717, 1.165) is 21.9 Å². The SMILES string of the molecule is CCCC(=O)Oc1c(Sc2ccc(Cl)cc2)c(C)nn1C(C)(C)C. The van der Waals surface area contributed by atoms with E-state index in [-0.39, 0.29) is 11.5 Å². The molecule has 1 aromatic heterocycles. The number of hydrogen-bond donors (Lipinski definition) is 0. The van der Waals surface area contributed by atoms with Crippen molar-refractivity contribution >= 4 is 29.3 Å². The van der Waals surface area contributed by atoms with E-state index < -0.39 is 0 Å². The summed E-state index contributed by atoms with van der Waals surface area (Å²) >= 11 is 7.48. The topological polar surface area (TPSA) is 44.1 Å². The molecule has 0 amide bonds. The number of esters is 1. The van der Waals surface area contributed by atoms with Crippen molar-refractivity contribution in [2.24, 2.45) is 0 Å². The highest BCUT2D eigenvalue weighted by molar-refractivity contribution is 7.99. The number of nitrogens with zero attached hydrogens (tertiary/aromatic N) is 2. The lowest BCUT2D eigenvalue weighted by Crippen LogP contribution is -2.25. The first kappa shape index (κ1) is 18.9. The van der Waals surface area contributed by atoms with Gasteiger partial charge in [0.15, 0.2) is 0 Å². The van der Waals surface area contributed by atoms with E-state index in [1.54, 1.807) is 4.68 Å². The molecule has 2 rings (SSSR count). The van der Waals surface area contributed by atoms with Gasteiger partial charge in [0.25, 0.3) is 0 Å². The van der Waals surface area contributed by atoms with Gasteiger partial charge in [-0.2, -0.15) is 5.10 Å². The van der Waals surface area contributed by atoms with Crippen molar-refractivity contribution in [3.63, 3.8) is 0 Å². The van der Waals surface area contributed by atoms with Gasteiger partial charge in [-0.05, 0) is 58.4 Å². The van der Waals surface area contributed by atoms with Gasteiger partial charge in [0.05, 0.1) is 16.1 Å². The molecule has 0 fully saturated rings. The van der Waals surface area contributed by atoms with E-state index >= 15 is 0 Å². The number of aromatic nitrogens is 2. The van der Waals surface area contributed by atoms with Crippen molar-refractivity contribution in [3.05, 3.63) is 35.0 Å². The largest absolute Gasteiger partial charge is 0.406 e. The van der Waals surface area contributed by atoms with E-state index in [4.69, 9.17) is 16.3 Å². The molecule has 0 aliphatic rings. The quantitative estimate of drug-likeness (QED) is 0.659. The van der Waals surface area contributed by atoms with Crippen molar-refractivity contribution in [2.75, 3.05) is 0 Å². The van der Waals surface area contributed by atoms with Crippen LogP contribution in [0.4, 0.5) is 0 Å². The highest BCUT2D eigenvalue weighted by Gasteiger charge is 2.27. The standard InChI is InChI=1S/C18H23ClN2O2S/c1-6-7-15(22)23-17-16(12(2)20-21(17)18(3,4)5)24-14-10-8-13(19)9-11-14/h8-11H,6-7H2,1-5H3. The molecule has 2 aromatic rings. The van der Waals surface area contributed by atoms with Gasteiger partial charge in [0, 0.05) is 16.3 Å². The molecular weight excluding hydrogens is 344 g/mol. The van der Waals surface area contributed by atoms with Crippen molar-refractivity contribution in [1.82, 2.24) is 9.78 Å². The Kier molecular flexibility index (Phi) is 5.99. The Morgan fingerprint density at radius 3 is 2.46 bits per heavy atom. The molecule has 0 bridgehead atoms. The van der Waals surface area contributed by atoms with Crippen molar-refractivity contribution in [1.29, 1.82) is 0 Å². The Morgan fingerprint density at radius 2 is 1.92 bits per heavy atom. The molecule has 0 saturated heterocycles. The van der Waals surface area contributed by atoms with Gasteiger partial charge in [0.1, 0.15) is 0 Å².